The maximum atomic E-state index is 14.2. The molecule has 2 aliphatic rings. The maximum absolute atomic E-state index is 14.2. The Labute approximate surface area is 190 Å². The number of nitrogens with one attached hydrogen (secondary N) is 1. The van der Waals surface area contributed by atoms with Crippen LogP contribution in [0.4, 0.5) is 25.1 Å². The summed E-state index contributed by atoms with van der Waals surface area (Å²) in [5.74, 6) is 0.747. The van der Waals surface area contributed by atoms with Crippen molar-refractivity contribution in [2.45, 2.75) is 32.2 Å². The highest BCUT2D eigenvalue weighted by molar-refractivity contribution is 5.78. The summed E-state index contributed by atoms with van der Waals surface area (Å²) in [6.45, 7) is 1.75. The lowest BCUT2D eigenvalue weighted by Crippen LogP contribution is -2.41. The largest absolute Gasteiger partial charge is 0.341 e. The Hall–Kier alpha value is -3.43. The number of carbonyl (C=O) groups excluding carboxylic acids is 1. The zero-order valence-corrected chi connectivity index (χ0v) is 19.0. The Kier molecular flexibility index (Phi) is 5.30. The van der Waals surface area contributed by atoms with Crippen LogP contribution in [0.3, 0.4) is 0 Å². The van der Waals surface area contributed by atoms with Crippen LogP contribution in [-0.4, -0.2) is 50.6 Å². The van der Waals surface area contributed by atoms with Crippen molar-refractivity contribution in [3.05, 3.63) is 46.9 Å². The number of carbonyl (C=O) groups is 1. The summed E-state index contributed by atoms with van der Waals surface area (Å²) < 4.78 is 31.8. The first-order chi connectivity index (χ1) is 15.9. The third kappa shape index (κ3) is 3.63. The van der Waals surface area contributed by atoms with Gasteiger partial charge in [-0.3, -0.25) is 9.36 Å². The predicted molar refractivity (Wildman–Crippen MR) is 121 cm³/mol. The van der Waals surface area contributed by atoms with Crippen LogP contribution >= 0.6 is 0 Å². The first-order valence-corrected chi connectivity index (χ1v) is 11.1. The van der Waals surface area contributed by atoms with Gasteiger partial charge >= 0.3 is 6.03 Å². The van der Waals surface area contributed by atoms with Crippen molar-refractivity contribution in [2.75, 3.05) is 25.0 Å². The molecule has 0 fully saturated rings. The number of benzene rings is 1. The second-order valence-corrected chi connectivity index (χ2v) is 8.63. The molecule has 1 aromatic carbocycles. The highest BCUT2D eigenvalue weighted by Crippen LogP contribution is 2.42. The molecule has 1 N–H and O–H groups in total. The highest BCUT2D eigenvalue weighted by Gasteiger charge is 2.32. The van der Waals surface area contributed by atoms with Crippen molar-refractivity contribution in [3.63, 3.8) is 0 Å². The molecule has 0 saturated heterocycles. The number of halogens is 2. The van der Waals surface area contributed by atoms with Crippen LogP contribution < -0.4 is 10.2 Å². The normalized spacial score (nSPS) is 15.6. The van der Waals surface area contributed by atoms with Gasteiger partial charge in [-0.05, 0) is 36.1 Å². The minimum Gasteiger partial charge on any atom is -0.341 e. The van der Waals surface area contributed by atoms with E-state index in [-0.39, 0.29) is 11.6 Å². The fourth-order valence-electron chi connectivity index (χ4n) is 4.98. The summed E-state index contributed by atoms with van der Waals surface area (Å²) in [4.78, 5) is 16.1. The molecule has 0 bridgehead atoms. The Morgan fingerprint density at radius 2 is 2.00 bits per heavy atom. The smallest absolute Gasteiger partial charge is 0.317 e. The van der Waals surface area contributed by atoms with E-state index >= 15 is 0 Å². The van der Waals surface area contributed by atoms with E-state index in [2.05, 4.69) is 10.4 Å². The first kappa shape index (κ1) is 21.4. The van der Waals surface area contributed by atoms with Gasteiger partial charge in [-0.2, -0.15) is 10.2 Å². The molecular formula is C23H27F2N7O. The van der Waals surface area contributed by atoms with Crippen molar-refractivity contribution in [2.24, 2.45) is 14.1 Å². The summed E-state index contributed by atoms with van der Waals surface area (Å²) in [6.07, 6.45) is 3.17. The third-order valence-electron chi connectivity index (χ3n) is 6.60. The van der Waals surface area contributed by atoms with Crippen LogP contribution in [0.15, 0.2) is 24.5 Å². The van der Waals surface area contributed by atoms with Crippen molar-refractivity contribution >= 4 is 17.5 Å². The predicted octanol–water partition coefficient (Wildman–Crippen LogP) is 3.54. The number of aryl methyl sites for hydroxylation is 3. The van der Waals surface area contributed by atoms with Crippen LogP contribution in [0.25, 0.3) is 11.1 Å². The highest BCUT2D eigenvalue weighted by atomic mass is 19.3. The molecule has 0 atom stereocenters. The van der Waals surface area contributed by atoms with E-state index in [0.29, 0.717) is 37.2 Å². The lowest BCUT2D eigenvalue weighted by Gasteiger charge is -2.33. The Morgan fingerprint density at radius 1 is 1.18 bits per heavy atom. The SMILES string of the molecule is CNC(=O)N1CCc2c(c(N3CCCc4cc(-c5cnn(C)c5)c(C(F)F)cc43)nn2C)C1. The van der Waals surface area contributed by atoms with Gasteiger partial charge in [-0.25, -0.2) is 13.6 Å². The number of nitrogens with zero attached hydrogens (tertiary/aromatic N) is 6. The van der Waals surface area contributed by atoms with Crippen LogP contribution in [0.5, 0.6) is 0 Å². The van der Waals surface area contributed by atoms with Gasteiger partial charge in [0, 0.05) is 74.9 Å². The average Bonchev–Trinajstić information content (AvgIpc) is 3.40. The van der Waals surface area contributed by atoms with Crippen molar-refractivity contribution in [1.82, 2.24) is 29.8 Å². The van der Waals surface area contributed by atoms with Gasteiger partial charge in [-0.1, -0.05) is 0 Å². The number of alkyl halides is 2. The maximum Gasteiger partial charge on any atom is 0.317 e. The number of rotatable bonds is 3. The van der Waals surface area contributed by atoms with Gasteiger partial charge in [0.05, 0.1) is 12.7 Å². The third-order valence-corrected chi connectivity index (χ3v) is 6.60. The van der Waals surface area contributed by atoms with E-state index in [9.17, 15) is 13.6 Å². The molecule has 2 aliphatic heterocycles. The van der Waals surface area contributed by atoms with Gasteiger partial charge in [0.15, 0.2) is 5.82 Å². The zero-order chi connectivity index (χ0) is 23.3. The summed E-state index contributed by atoms with van der Waals surface area (Å²) in [5, 5.41) is 11.6. The van der Waals surface area contributed by atoms with Crippen molar-refractivity contribution < 1.29 is 13.6 Å². The molecule has 0 saturated carbocycles. The molecule has 5 rings (SSSR count). The minimum atomic E-state index is -2.62. The van der Waals surface area contributed by atoms with E-state index in [1.165, 1.54) is 0 Å². The lowest BCUT2D eigenvalue weighted by atomic mass is 9.92. The van der Waals surface area contributed by atoms with Crippen LogP contribution in [0.1, 0.15) is 35.2 Å². The van der Waals surface area contributed by atoms with E-state index in [1.54, 1.807) is 42.1 Å². The molecule has 33 heavy (non-hydrogen) atoms. The molecule has 0 unspecified atom stereocenters. The summed E-state index contributed by atoms with van der Waals surface area (Å²) in [6, 6.07) is 3.37. The van der Waals surface area contributed by atoms with Crippen molar-refractivity contribution in [1.29, 1.82) is 0 Å². The van der Waals surface area contributed by atoms with E-state index in [0.717, 1.165) is 41.2 Å². The van der Waals surface area contributed by atoms with Crippen LogP contribution in [-0.2, 0) is 33.5 Å². The number of anilines is 2. The fourth-order valence-corrected chi connectivity index (χ4v) is 4.98. The van der Waals surface area contributed by atoms with Crippen LogP contribution in [0.2, 0.25) is 0 Å². The Morgan fingerprint density at radius 3 is 2.70 bits per heavy atom. The van der Waals surface area contributed by atoms with Gasteiger partial charge < -0.3 is 15.1 Å². The number of hydrogen-bond donors (Lipinski definition) is 1. The van der Waals surface area contributed by atoms with E-state index in [4.69, 9.17) is 5.10 Å². The number of amides is 2. The standard InChI is InChI=1S/C23H27F2N7O/c1-26-23(33)31-8-6-19-18(13-31)22(28-30(19)3)32-7-4-5-14-9-16(15-11-27-29(2)12-15)17(21(24)25)10-20(14)32/h9-12,21H,4-8,13H2,1-3H3,(H,26,33). The van der Waals surface area contributed by atoms with Crippen LogP contribution in [0, 0.1) is 0 Å². The molecule has 2 aromatic heterocycles. The zero-order valence-electron chi connectivity index (χ0n) is 19.0. The molecule has 3 aromatic rings. The molecule has 10 heteroatoms. The summed E-state index contributed by atoms with van der Waals surface area (Å²) in [5.41, 5.74) is 5.04. The molecule has 2 amide bonds. The molecule has 0 spiro atoms. The van der Waals surface area contributed by atoms with Gasteiger partial charge in [0.1, 0.15) is 0 Å². The molecule has 0 radical (unpaired) electrons. The minimum absolute atomic E-state index is 0.00886. The number of urea groups is 1. The molecular weight excluding hydrogens is 428 g/mol. The van der Waals surface area contributed by atoms with Gasteiger partial charge in [0.25, 0.3) is 6.43 Å². The monoisotopic (exact) mass is 455 g/mol. The van der Waals surface area contributed by atoms with Gasteiger partial charge in [0.2, 0.25) is 0 Å². The number of fused-ring (bicyclic) bond motifs is 2. The first-order valence-electron chi connectivity index (χ1n) is 11.1. The second kappa shape index (κ2) is 8.17. The number of aromatic nitrogens is 4. The molecule has 8 nitrogen and oxygen atoms in total. The fraction of sp³-hybridized carbons (Fsp3) is 0.435. The Bertz CT molecular complexity index is 1220. The molecule has 0 aliphatic carbocycles. The molecule has 174 valence electrons. The van der Waals surface area contributed by atoms with Crippen molar-refractivity contribution in [3.8, 4) is 11.1 Å². The summed E-state index contributed by atoms with van der Waals surface area (Å²) >= 11 is 0. The quantitative estimate of drug-likeness (QED) is 0.656. The average molecular weight is 456 g/mol. The Balaban J connectivity index is 1.60. The lowest BCUT2D eigenvalue weighted by molar-refractivity contribution is 0.152. The summed E-state index contributed by atoms with van der Waals surface area (Å²) in [7, 11) is 5.30. The van der Waals surface area contributed by atoms with E-state index < -0.39 is 6.43 Å². The second-order valence-electron chi connectivity index (χ2n) is 8.63. The van der Waals surface area contributed by atoms with E-state index in [1.807, 2.05) is 22.7 Å². The van der Waals surface area contributed by atoms with Gasteiger partial charge in [-0.15, -0.1) is 0 Å². The topological polar surface area (TPSA) is 71.2 Å². The number of hydrogen-bond acceptors (Lipinski definition) is 4. The molecule has 4 heterocycles.